The van der Waals surface area contributed by atoms with Gasteiger partial charge in [-0.1, -0.05) is 0 Å². The predicted molar refractivity (Wildman–Crippen MR) is 79.4 cm³/mol. The molecule has 0 saturated carbocycles. The Balaban J connectivity index is 1.84. The molecule has 3 rings (SSSR count). The molecule has 1 atom stereocenters. The number of carbonyl (C=O) groups excluding carboxylic acids is 1. The molecular weight excluding hydrogens is 266 g/mol. The van der Waals surface area contributed by atoms with Crippen LogP contribution in [0.3, 0.4) is 0 Å². The molecular formula is C15H17N5O. The van der Waals surface area contributed by atoms with E-state index in [-0.39, 0.29) is 11.8 Å². The van der Waals surface area contributed by atoms with Gasteiger partial charge in [-0.2, -0.15) is 0 Å². The van der Waals surface area contributed by atoms with Crippen LogP contribution in [-0.2, 0) is 4.79 Å². The average molecular weight is 283 g/mol. The van der Waals surface area contributed by atoms with E-state index in [1.807, 2.05) is 23.1 Å². The second kappa shape index (κ2) is 5.87. The smallest absolute Gasteiger partial charge is 0.225 e. The number of hydrogen-bond acceptors (Lipinski definition) is 5. The molecule has 0 bridgehead atoms. The van der Waals surface area contributed by atoms with Crippen LogP contribution in [0.5, 0.6) is 0 Å². The first-order valence-electron chi connectivity index (χ1n) is 7.02. The molecule has 0 unspecified atom stereocenters. The number of pyridine rings is 1. The summed E-state index contributed by atoms with van der Waals surface area (Å²) in [4.78, 5) is 26.3. The summed E-state index contributed by atoms with van der Waals surface area (Å²) in [7, 11) is 0. The highest BCUT2D eigenvalue weighted by Crippen LogP contribution is 2.22. The zero-order chi connectivity index (χ0) is 14.7. The summed E-state index contributed by atoms with van der Waals surface area (Å²) in [6.07, 6.45) is 6.99. The zero-order valence-electron chi connectivity index (χ0n) is 11.6. The number of anilines is 1. The van der Waals surface area contributed by atoms with Gasteiger partial charge in [-0.3, -0.25) is 9.78 Å². The quantitative estimate of drug-likeness (QED) is 0.916. The average Bonchev–Trinajstić information content (AvgIpc) is 2.56. The molecule has 0 spiro atoms. The van der Waals surface area contributed by atoms with E-state index >= 15 is 0 Å². The lowest BCUT2D eigenvalue weighted by Gasteiger charge is -2.31. The van der Waals surface area contributed by atoms with E-state index in [1.54, 1.807) is 18.6 Å². The van der Waals surface area contributed by atoms with Gasteiger partial charge in [0.1, 0.15) is 0 Å². The topological polar surface area (TPSA) is 85.0 Å². The van der Waals surface area contributed by atoms with E-state index in [9.17, 15) is 4.79 Å². The molecule has 2 N–H and O–H groups in total. The molecule has 21 heavy (non-hydrogen) atoms. The Morgan fingerprint density at radius 1 is 1.24 bits per heavy atom. The van der Waals surface area contributed by atoms with Gasteiger partial charge in [-0.15, -0.1) is 0 Å². The number of nitrogens with zero attached hydrogens (tertiary/aromatic N) is 4. The molecule has 108 valence electrons. The van der Waals surface area contributed by atoms with Gasteiger partial charge in [-0.05, 0) is 31.0 Å². The van der Waals surface area contributed by atoms with Crippen LogP contribution in [0.15, 0.2) is 36.8 Å². The van der Waals surface area contributed by atoms with Crippen LogP contribution < -0.4 is 10.6 Å². The number of primary amides is 1. The molecule has 2 aromatic rings. The fourth-order valence-electron chi connectivity index (χ4n) is 2.58. The van der Waals surface area contributed by atoms with Crippen LogP contribution >= 0.6 is 0 Å². The molecule has 1 amide bonds. The standard InChI is InChI=1S/C15H17N5O/c16-14(21)12-2-1-9-20(10-12)15-18-8-5-13(19-15)11-3-6-17-7-4-11/h3-8,12H,1-2,9-10H2,(H2,16,21)/t12-/m0/s1. The monoisotopic (exact) mass is 283 g/mol. The van der Waals surface area contributed by atoms with Crippen molar-refractivity contribution in [2.75, 3.05) is 18.0 Å². The summed E-state index contributed by atoms with van der Waals surface area (Å²) in [6.45, 7) is 1.44. The molecule has 3 heterocycles. The maximum atomic E-state index is 11.4. The van der Waals surface area contributed by atoms with Crippen molar-refractivity contribution < 1.29 is 4.79 Å². The molecule has 0 aliphatic carbocycles. The summed E-state index contributed by atoms with van der Waals surface area (Å²) in [5.74, 6) is 0.284. The normalized spacial score (nSPS) is 18.5. The summed E-state index contributed by atoms with van der Waals surface area (Å²) in [5.41, 5.74) is 7.26. The Kier molecular flexibility index (Phi) is 3.77. The Morgan fingerprint density at radius 2 is 2.05 bits per heavy atom. The number of amides is 1. The van der Waals surface area contributed by atoms with Gasteiger partial charge in [0.25, 0.3) is 0 Å². The Labute approximate surface area is 123 Å². The van der Waals surface area contributed by atoms with Crippen molar-refractivity contribution in [2.45, 2.75) is 12.8 Å². The highest BCUT2D eigenvalue weighted by molar-refractivity contribution is 5.77. The minimum Gasteiger partial charge on any atom is -0.369 e. The van der Waals surface area contributed by atoms with Gasteiger partial charge < -0.3 is 10.6 Å². The first kappa shape index (κ1) is 13.5. The van der Waals surface area contributed by atoms with Gasteiger partial charge >= 0.3 is 0 Å². The van der Waals surface area contributed by atoms with Gasteiger partial charge in [0.05, 0.1) is 11.6 Å². The second-order valence-corrected chi connectivity index (χ2v) is 5.17. The molecule has 1 aliphatic rings. The van der Waals surface area contributed by atoms with E-state index in [0.29, 0.717) is 12.5 Å². The van der Waals surface area contributed by atoms with Crippen LogP contribution in [0.4, 0.5) is 5.95 Å². The number of piperidine rings is 1. The Hall–Kier alpha value is -2.50. The third-order valence-corrected chi connectivity index (χ3v) is 3.73. The molecule has 2 aromatic heterocycles. The maximum absolute atomic E-state index is 11.4. The Morgan fingerprint density at radius 3 is 2.81 bits per heavy atom. The number of rotatable bonds is 3. The molecule has 6 heteroatoms. The maximum Gasteiger partial charge on any atom is 0.225 e. The van der Waals surface area contributed by atoms with Gasteiger partial charge in [0.2, 0.25) is 11.9 Å². The van der Waals surface area contributed by atoms with Crippen molar-refractivity contribution in [1.29, 1.82) is 0 Å². The molecule has 1 fully saturated rings. The van der Waals surface area contributed by atoms with Gasteiger partial charge in [0.15, 0.2) is 0 Å². The van der Waals surface area contributed by atoms with Gasteiger partial charge in [-0.25, -0.2) is 9.97 Å². The first-order valence-corrected chi connectivity index (χ1v) is 7.02. The Bertz CT molecular complexity index is 631. The lowest BCUT2D eigenvalue weighted by Crippen LogP contribution is -2.41. The van der Waals surface area contributed by atoms with Crippen molar-refractivity contribution >= 4 is 11.9 Å². The SMILES string of the molecule is NC(=O)[C@H]1CCCN(c2nccc(-c3ccncc3)n2)C1. The zero-order valence-corrected chi connectivity index (χ0v) is 11.6. The van der Waals surface area contributed by atoms with Crippen molar-refractivity contribution in [3.63, 3.8) is 0 Å². The van der Waals surface area contributed by atoms with Crippen molar-refractivity contribution in [1.82, 2.24) is 15.0 Å². The van der Waals surface area contributed by atoms with Crippen LogP contribution in [0.1, 0.15) is 12.8 Å². The van der Waals surface area contributed by atoms with Crippen LogP contribution in [0.25, 0.3) is 11.3 Å². The fraction of sp³-hybridized carbons (Fsp3) is 0.333. The van der Waals surface area contributed by atoms with E-state index < -0.39 is 0 Å². The minimum absolute atomic E-state index is 0.119. The lowest BCUT2D eigenvalue weighted by atomic mass is 9.98. The molecule has 6 nitrogen and oxygen atoms in total. The van der Waals surface area contributed by atoms with Crippen molar-refractivity contribution in [3.8, 4) is 11.3 Å². The third-order valence-electron chi connectivity index (χ3n) is 3.73. The number of hydrogen-bond donors (Lipinski definition) is 1. The molecule has 0 aromatic carbocycles. The van der Waals surface area contributed by atoms with Gasteiger partial charge in [0, 0.05) is 37.2 Å². The van der Waals surface area contributed by atoms with Crippen LogP contribution in [-0.4, -0.2) is 33.9 Å². The fourth-order valence-corrected chi connectivity index (χ4v) is 2.58. The lowest BCUT2D eigenvalue weighted by molar-refractivity contribution is -0.122. The summed E-state index contributed by atoms with van der Waals surface area (Å²) < 4.78 is 0. The first-order chi connectivity index (χ1) is 10.2. The van der Waals surface area contributed by atoms with E-state index in [2.05, 4.69) is 15.0 Å². The number of aromatic nitrogens is 3. The van der Waals surface area contributed by atoms with E-state index in [4.69, 9.17) is 5.73 Å². The molecule has 1 saturated heterocycles. The van der Waals surface area contributed by atoms with Crippen LogP contribution in [0, 0.1) is 5.92 Å². The molecule has 1 aliphatic heterocycles. The second-order valence-electron chi connectivity index (χ2n) is 5.17. The summed E-state index contributed by atoms with van der Waals surface area (Å²) >= 11 is 0. The number of nitrogens with two attached hydrogens (primary N) is 1. The summed E-state index contributed by atoms with van der Waals surface area (Å²) in [6, 6.07) is 5.69. The van der Waals surface area contributed by atoms with E-state index in [0.717, 1.165) is 30.6 Å². The van der Waals surface area contributed by atoms with Crippen molar-refractivity contribution in [3.05, 3.63) is 36.8 Å². The number of carbonyl (C=O) groups is 1. The van der Waals surface area contributed by atoms with Crippen LogP contribution in [0.2, 0.25) is 0 Å². The minimum atomic E-state index is -0.245. The third kappa shape index (κ3) is 2.99. The largest absolute Gasteiger partial charge is 0.369 e. The highest BCUT2D eigenvalue weighted by atomic mass is 16.1. The van der Waals surface area contributed by atoms with E-state index in [1.165, 1.54) is 0 Å². The predicted octanol–water partition coefficient (Wildman–Crippen LogP) is 1.24. The van der Waals surface area contributed by atoms with Crippen molar-refractivity contribution in [2.24, 2.45) is 11.7 Å². The summed E-state index contributed by atoms with van der Waals surface area (Å²) in [5, 5.41) is 0. The highest BCUT2D eigenvalue weighted by Gasteiger charge is 2.25. The molecule has 0 radical (unpaired) electrons.